The Hall–Kier alpha value is -1.32. The van der Waals surface area contributed by atoms with Crippen LogP contribution in [0.2, 0.25) is 5.02 Å². The summed E-state index contributed by atoms with van der Waals surface area (Å²) in [5, 5.41) is 3.49. The topological polar surface area (TPSA) is 29.1 Å². The van der Waals surface area contributed by atoms with Crippen LogP contribution in [-0.4, -0.2) is 12.5 Å². The lowest BCUT2D eigenvalue weighted by Gasteiger charge is -2.17. The zero-order valence-corrected chi connectivity index (χ0v) is 13.7. The normalized spacial score (nSPS) is 15.5. The molecule has 0 aromatic heterocycles. The first-order chi connectivity index (χ1) is 10.1. The van der Waals surface area contributed by atoms with Gasteiger partial charge in [0.05, 0.1) is 10.6 Å². The number of hydrogen-bond acceptors (Lipinski definition) is 1. The molecule has 0 bridgehead atoms. The quantitative estimate of drug-likeness (QED) is 0.846. The number of carbonyl (C=O) groups is 1. The lowest BCUT2D eigenvalue weighted by molar-refractivity contribution is 0.0950. The number of nitrogens with one attached hydrogen (secondary N) is 1. The molecular formula is C17H15BrClNO. The maximum Gasteiger partial charge on any atom is 0.252 e. The molecule has 0 saturated heterocycles. The minimum atomic E-state index is -0.116. The minimum absolute atomic E-state index is 0.110. The first-order valence-electron chi connectivity index (χ1n) is 6.90. The van der Waals surface area contributed by atoms with Crippen LogP contribution in [0.1, 0.15) is 28.8 Å². The summed E-state index contributed by atoms with van der Waals surface area (Å²) in [4.78, 5) is 12.3. The number of hydrogen-bond donors (Lipinski definition) is 1. The molecule has 108 valence electrons. The van der Waals surface area contributed by atoms with Gasteiger partial charge in [0.1, 0.15) is 0 Å². The Labute approximate surface area is 137 Å². The summed E-state index contributed by atoms with van der Waals surface area (Å²) in [6.07, 6.45) is 2.23. The van der Waals surface area contributed by atoms with Gasteiger partial charge in [-0.25, -0.2) is 0 Å². The fraction of sp³-hybridized carbons (Fsp3) is 0.235. The van der Waals surface area contributed by atoms with Gasteiger partial charge in [0.25, 0.3) is 5.91 Å². The molecule has 0 radical (unpaired) electrons. The third-order valence-electron chi connectivity index (χ3n) is 4.00. The first kappa shape index (κ1) is 14.6. The highest BCUT2D eigenvalue weighted by Gasteiger charge is 2.44. The van der Waals surface area contributed by atoms with Crippen molar-refractivity contribution in [3.05, 3.63) is 69.2 Å². The molecule has 1 saturated carbocycles. The second-order valence-corrected chi connectivity index (χ2v) is 6.78. The van der Waals surface area contributed by atoms with Crippen LogP contribution in [0.4, 0.5) is 0 Å². The third-order valence-corrected chi connectivity index (χ3v) is 4.81. The Morgan fingerprint density at radius 2 is 1.90 bits per heavy atom. The van der Waals surface area contributed by atoms with Gasteiger partial charge in [0.15, 0.2) is 0 Å². The van der Waals surface area contributed by atoms with Crippen LogP contribution in [0, 0.1) is 0 Å². The highest BCUT2D eigenvalue weighted by atomic mass is 79.9. The van der Waals surface area contributed by atoms with Gasteiger partial charge in [-0.1, -0.05) is 57.9 Å². The van der Waals surface area contributed by atoms with Crippen LogP contribution in [-0.2, 0) is 5.41 Å². The molecule has 2 aromatic rings. The monoisotopic (exact) mass is 363 g/mol. The molecular weight excluding hydrogens is 350 g/mol. The predicted molar refractivity (Wildman–Crippen MR) is 88.8 cm³/mol. The lowest BCUT2D eigenvalue weighted by atomic mass is 9.96. The molecule has 4 heteroatoms. The molecule has 0 heterocycles. The van der Waals surface area contributed by atoms with Crippen molar-refractivity contribution in [1.82, 2.24) is 5.32 Å². The van der Waals surface area contributed by atoms with E-state index in [9.17, 15) is 4.79 Å². The van der Waals surface area contributed by atoms with Crippen molar-refractivity contribution in [1.29, 1.82) is 0 Å². The Morgan fingerprint density at radius 3 is 2.52 bits per heavy atom. The summed E-state index contributed by atoms with van der Waals surface area (Å²) in [6, 6.07) is 15.7. The van der Waals surface area contributed by atoms with E-state index >= 15 is 0 Å². The predicted octanol–water partition coefficient (Wildman–Crippen LogP) is 4.56. The molecule has 21 heavy (non-hydrogen) atoms. The molecule has 2 nitrogen and oxygen atoms in total. The summed E-state index contributed by atoms with van der Waals surface area (Å²) < 4.78 is 0.868. The van der Waals surface area contributed by atoms with E-state index in [2.05, 4.69) is 33.4 Å². The van der Waals surface area contributed by atoms with Crippen LogP contribution >= 0.6 is 27.5 Å². The van der Waals surface area contributed by atoms with Gasteiger partial charge in [-0.2, -0.15) is 0 Å². The molecule has 1 aliphatic carbocycles. The van der Waals surface area contributed by atoms with Gasteiger partial charge in [-0.05, 0) is 36.6 Å². The standard InChI is InChI=1S/C17H15BrClNO/c18-13-6-7-14(15(19)10-13)16(21)20-11-17(8-9-17)12-4-2-1-3-5-12/h1-7,10H,8-9,11H2,(H,20,21). The maximum absolute atomic E-state index is 12.3. The maximum atomic E-state index is 12.3. The van der Waals surface area contributed by atoms with E-state index in [0.717, 1.165) is 17.3 Å². The van der Waals surface area contributed by atoms with Gasteiger partial charge in [-0.15, -0.1) is 0 Å². The summed E-state index contributed by atoms with van der Waals surface area (Å²) >= 11 is 9.46. The highest BCUT2D eigenvalue weighted by Crippen LogP contribution is 2.47. The molecule has 1 fully saturated rings. The summed E-state index contributed by atoms with van der Waals surface area (Å²) in [6.45, 7) is 0.655. The molecule has 1 N–H and O–H groups in total. The van der Waals surface area contributed by atoms with E-state index in [1.165, 1.54) is 5.56 Å². The largest absolute Gasteiger partial charge is 0.351 e. The second kappa shape index (κ2) is 5.82. The van der Waals surface area contributed by atoms with Crippen molar-refractivity contribution in [2.24, 2.45) is 0 Å². The van der Waals surface area contributed by atoms with E-state index in [1.807, 2.05) is 24.3 Å². The van der Waals surface area contributed by atoms with Crippen LogP contribution < -0.4 is 5.32 Å². The molecule has 3 rings (SSSR count). The Balaban J connectivity index is 1.69. The fourth-order valence-corrected chi connectivity index (χ4v) is 3.29. The molecule has 0 aliphatic heterocycles. The molecule has 0 atom stereocenters. The first-order valence-corrected chi connectivity index (χ1v) is 8.07. The SMILES string of the molecule is O=C(NCC1(c2ccccc2)CC1)c1ccc(Br)cc1Cl. The van der Waals surface area contributed by atoms with Crippen LogP contribution in [0.25, 0.3) is 0 Å². The van der Waals surface area contributed by atoms with Crippen molar-refractivity contribution in [3.8, 4) is 0 Å². The molecule has 2 aromatic carbocycles. The van der Waals surface area contributed by atoms with Gasteiger partial charge >= 0.3 is 0 Å². The average molecular weight is 365 g/mol. The van der Waals surface area contributed by atoms with Crippen molar-refractivity contribution in [2.75, 3.05) is 6.54 Å². The molecule has 0 unspecified atom stereocenters. The molecule has 1 aliphatic rings. The van der Waals surface area contributed by atoms with E-state index in [-0.39, 0.29) is 11.3 Å². The fourth-order valence-electron chi connectivity index (χ4n) is 2.53. The zero-order chi connectivity index (χ0) is 14.9. The number of carbonyl (C=O) groups excluding carboxylic acids is 1. The number of benzene rings is 2. The third kappa shape index (κ3) is 3.14. The van der Waals surface area contributed by atoms with Crippen molar-refractivity contribution in [2.45, 2.75) is 18.3 Å². The Morgan fingerprint density at radius 1 is 1.19 bits per heavy atom. The summed E-state index contributed by atoms with van der Waals surface area (Å²) in [5.74, 6) is -0.116. The van der Waals surface area contributed by atoms with Gasteiger partial charge in [0.2, 0.25) is 0 Å². The highest BCUT2D eigenvalue weighted by molar-refractivity contribution is 9.10. The zero-order valence-electron chi connectivity index (χ0n) is 11.4. The smallest absolute Gasteiger partial charge is 0.252 e. The van der Waals surface area contributed by atoms with Crippen molar-refractivity contribution < 1.29 is 4.79 Å². The van der Waals surface area contributed by atoms with Gasteiger partial charge in [-0.3, -0.25) is 4.79 Å². The van der Waals surface area contributed by atoms with Gasteiger partial charge in [0, 0.05) is 16.4 Å². The van der Waals surface area contributed by atoms with E-state index < -0.39 is 0 Å². The Bertz CT molecular complexity index is 668. The van der Waals surface area contributed by atoms with Crippen LogP contribution in [0.3, 0.4) is 0 Å². The van der Waals surface area contributed by atoms with E-state index in [1.54, 1.807) is 12.1 Å². The van der Waals surface area contributed by atoms with Crippen molar-refractivity contribution in [3.63, 3.8) is 0 Å². The minimum Gasteiger partial charge on any atom is -0.351 e. The summed E-state index contributed by atoms with van der Waals surface area (Å²) in [7, 11) is 0. The average Bonchev–Trinajstić information content (AvgIpc) is 3.27. The van der Waals surface area contributed by atoms with Gasteiger partial charge < -0.3 is 5.32 Å². The lowest BCUT2D eigenvalue weighted by Crippen LogP contribution is -2.32. The second-order valence-electron chi connectivity index (χ2n) is 5.45. The Kier molecular flexibility index (Phi) is 4.05. The number of halogens is 2. The molecule has 0 spiro atoms. The van der Waals surface area contributed by atoms with Crippen LogP contribution in [0.15, 0.2) is 53.0 Å². The number of amides is 1. The number of rotatable bonds is 4. The molecule has 1 amide bonds. The van der Waals surface area contributed by atoms with Crippen molar-refractivity contribution >= 4 is 33.4 Å². The van der Waals surface area contributed by atoms with Crippen LogP contribution in [0.5, 0.6) is 0 Å². The van der Waals surface area contributed by atoms with E-state index in [0.29, 0.717) is 17.1 Å². The van der Waals surface area contributed by atoms with E-state index in [4.69, 9.17) is 11.6 Å². The summed E-state index contributed by atoms with van der Waals surface area (Å²) in [5.41, 5.74) is 1.93.